The summed E-state index contributed by atoms with van der Waals surface area (Å²) >= 11 is 0. The molecular weight excluding hydrogens is 378 g/mol. The van der Waals surface area contributed by atoms with E-state index >= 15 is 0 Å². The summed E-state index contributed by atoms with van der Waals surface area (Å²) in [6.45, 7) is 7.92. The van der Waals surface area contributed by atoms with Gasteiger partial charge >= 0.3 is 0 Å². The van der Waals surface area contributed by atoms with Gasteiger partial charge in [-0.05, 0) is 75.6 Å². The van der Waals surface area contributed by atoms with E-state index in [1.165, 1.54) is 0 Å². The first-order chi connectivity index (χ1) is 14.5. The molecule has 1 fully saturated rings. The molecule has 0 unspecified atom stereocenters. The molecule has 6 nitrogen and oxygen atoms in total. The van der Waals surface area contributed by atoms with E-state index < -0.39 is 0 Å². The Morgan fingerprint density at radius 3 is 2.47 bits per heavy atom. The lowest BCUT2D eigenvalue weighted by Gasteiger charge is -2.31. The molecule has 1 amide bonds. The predicted octanol–water partition coefficient (Wildman–Crippen LogP) is 4.04. The minimum atomic E-state index is -0.207. The van der Waals surface area contributed by atoms with Crippen LogP contribution in [0.1, 0.15) is 36.7 Å². The lowest BCUT2D eigenvalue weighted by atomic mass is 10.1. The minimum absolute atomic E-state index is 0.167. The van der Waals surface area contributed by atoms with Crippen LogP contribution in [-0.4, -0.2) is 48.3 Å². The van der Waals surface area contributed by atoms with Crippen molar-refractivity contribution in [3.8, 4) is 17.5 Å². The zero-order chi connectivity index (χ0) is 21.7. The fraction of sp³-hybridized carbons (Fsp3) is 0.417. The molecule has 0 atom stereocenters. The third kappa shape index (κ3) is 4.58. The summed E-state index contributed by atoms with van der Waals surface area (Å²) in [5.74, 6) is 0.591. The van der Waals surface area contributed by atoms with Crippen molar-refractivity contribution >= 4 is 12.0 Å². The van der Waals surface area contributed by atoms with Gasteiger partial charge in [-0.15, -0.1) is 0 Å². The number of hydrogen-bond donors (Lipinski definition) is 0. The average molecular weight is 408 g/mol. The zero-order valence-electron chi connectivity index (χ0n) is 18.1. The summed E-state index contributed by atoms with van der Waals surface area (Å²) in [4.78, 5) is 14.7. The van der Waals surface area contributed by atoms with Crippen LogP contribution in [0.2, 0.25) is 0 Å². The first-order valence-electron chi connectivity index (χ1n) is 10.3. The maximum Gasteiger partial charge on any atom is 0.264 e. The smallest absolute Gasteiger partial charge is 0.264 e. The molecule has 158 valence electrons. The number of aromatic nitrogens is 1. The molecule has 0 radical (unpaired) electrons. The molecule has 1 aromatic carbocycles. The van der Waals surface area contributed by atoms with Gasteiger partial charge in [-0.1, -0.05) is 0 Å². The highest BCUT2D eigenvalue weighted by Crippen LogP contribution is 2.25. The van der Waals surface area contributed by atoms with Gasteiger partial charge in [-0.25, -0.2) is 0 Å². The van der Waals surface area contributed by atoms with E-state index in [4.69, 9.17) is 9.47 Å². The number of piperidine rings is 1. The van der Waals surface area contributed by atoms with Gasteiger partial charge in [0.2, 0.25) is 0 Å². The zero-order valence-corrected chi connectivity index (χ0v) is 18.1. The standard InChI is InChI=1S/C24H29N3O3/c1-5-30-23-10-12-26(13-11-23)24(28)20(16-25)15-19-14-17(2)27(18(19)3)21-6-8-22(29-4)9-7-21/h6-9,14-15,23H,5,10-13H2,1-4H3/b20-15+. The van der Waals surface area contributed by atoms with E-state index in [0.29, 0.717) is 19.7 Å². The van der Waals surface area contributed by atoms with Crippen LogP contribution in [0, 0.1) is 25.2 Å². The molecule has 0 bridgehead atoms. The van der Waals surface area contributed by atoms with Crippen LogP contribution in [0.5, 0.6) is 5.75 Å². The number of carbonyl (C=O) groups is 1. The molecule has 6 heteroatoms. The van der Waals surface area contributed by atoms with Gasteiger partial charge in [-0.3, -0.25) is 4.79 Å². The second-order valence-corrected chi connectivity index (χ2v) is 7.48. The highest BCUT2D eigenvalue weighted by Gasteiger charge is 2.25. The SMILES string of the molecule is CCOC1CCN(C(=O)/C(C#N)=C/c2cc(C)n(-c3ccc(OC)cc3)c2C)CC1. The van der Waals surface area contributed by atoms with Gasteiger partial charge in [0.15, 0.2) is 0 Å². The van der Waals surface area contributed by atoms with Crippen LogP contribution in [0.4, 0.5) is 0 Å². The highest BCUT2D eigenvalue weighted by atomic mass is 16.5. The van der Waals surface area contributed by atoms with E-state index in [0.717, 1.165) is 41.2 Å². The molecule has 0 aliphatic carbocycles. The van der Waals surface area contributed by atoms with Crippen LogP contribution in [-0.2, 0) is 9.53 Å². The molecule has 0 N–H and O–H groups in total. The fourth-order valence-electron chi connectivity index (χ4n) is 3.99. The number of aryl methyl sites for hydroxylation is 1. The summed E-state index contributed by atoms with van der Waals surface area (Å²) in [5.41, 5.74) is 4.06. The van der Waals surface area contributed by atoms with Gasteiger partial charge in [0.1, 0.15) is 17.4 Å². The Morgan fingerprint density at radius 2 is 1.90 bits per heavy atom. The highest BCUT2D eigenvalue weighted by molar-refractivity contribution is 6.01. The van der Waals surface area contributed by atoms with Crippen LogP contribution >= 0.6 is 0 Å². The summed E-state index contributed by atoms with van der Waals surface area (Å²) in [6.07, 6.45) is 3.53. The van der Waals surface area contributed by atoms with E-state index in [1.54, 1.807) is 18.1 Å². The van der Waals surface area contributed by atoms with E-state index in [2.05, 4.69) is 10.6 Å². The van der Waals surface area contributed by atoms with Crippen molar-refractivity contribution in [2.24, 2.45) is 0 Å². The second kappa shape index (κ2) is 9.64. The van der Waals surface area contributed by atoms with Crippen molar-refractivity contribution in [1.29, 1.82) is 5.26 Å². The lowest BCUT2D eigenvalue weighted by molar-refractivity contribution is -0.129. The molecule has 1 aliphatic rings. The number of likely N-dealkylation sites (tertiary alicyclic amines) is 1. The Balaban J connectivity index is 1.82. The molecule has 3 rings (SSSR count). The van der Waals surface area contributed by atoms with Gasteiger partial charge in [0.25, 0.3) is 5.91 Å². The number of ether oxygens (including phenoxy) is 2. The molecule has 1 saturated heterocycles. The summed E-state index contributed by atoms with van der Waals surface area (Å²) in [5, 5.41) is 9.66. The number of nitrogens with zero attached hydrogens (tertiary/aromatic N) is 3. The predicted molar refractivity (Wildman–Crippen MR) is 117 cm³/mol. The first kappa shape index (κ1) is 21.7. The Morgan fingerprint density at radius 1 is 1.23 bits per heavy atom. The maximum absolute atomic E-state index is 12.9. The number of amides is 1. The number of rotatable bonds is 6. The summed E-state index contributed by atoms with van der Waals surface area (Å²) in [7, 11) is 1.64. The number of nitriles is 1. The largest absolute Gasteiger partial charge is 0.497 e. The van der Waals surface area contributed by atoms with Crippen molar-refractivity contribution in [1.82, 2.24) is 9.47 Å². The maximum atomic E-state index is 12.9. The van der Waals surface area contributed by atoms with Gasteiger partial charge in [-0.2, -0.15) is 5.26 Å². The van der Waals surface area contributed by atoms with Crippen LogP contribution < -0.4 is 4.74 Å². The van der Waals surface area contributed by atoms with Crippen LogP contribution in [0.15, 0.2) is 35.9 Å². The van der Waals surface area contributed by atoms with Gasteiger partial charge in [0, 0.05) is 36.8 Å². The summed E-state index contributed by atoms with van der Waals surface area (Å²) in [6, 6.07) is 11.9. The van der Waals surface area contributed by atoms with Crippen LogP contribution in [0.3, 0.4) is 0 Å². The monoisotopic (exact) mass is 407 g/mol. The van der Waals surface area contributed by atoms with Crippen LogP contribution in [0.25, 0.3) is 11.8 Å². The third-order valence-corrected chi connectivity index (χ3v) is 5.58. The Bertz CT molecular complexity index is 959. The average Bonchev–Trinajstić information content (AvgIpc) is 3.05. The van der Waals surface area contributed by atoms with Gasteiger partial charge in [0.05, 0.1) is 13.2 Å². The number of hydrogen-bond acceptors (Lipinski definition) is 4. The molecule has 1 aromatic heterocycles. The van der Waals surface area contributed by atoms with Crippen molar-refractivity contribution in [3.05, 3.63) is 52.9 Å². The third-order valence-electron chi connectivity index (χ3n) is 5.58. The quantitative estimate of drug-likeness (QED) is 0.535. The fourth-order valence-corrected chi connectivity index (χ4v) is 3.99. The lowest BCUT2D eigenvalue weighted by Crippen LogP contribution is -2.41. The number of benzene rings is 1. The molecule has 30 heavy (non-hydrogen) atoms. The number of methoxy groups -OCH3 is 1. The summed E-state index contributed by atoms with van der Waals surface area (Å²) < 4.78 is 13.0. The Kier molecular flexibility index (Phi) is 6.96. The second-order valence-electron chi connectivity index (χ2n) is 7.48. The van der Waals surface area contributed by atoms with E-state index in [9.17, 15) is 10.1 Å². The van der Waals surface area contributed by atoms with Crippen molar-refractivity contribution in [2.45, 2.75) is 39.7 Å². The van der Waals surface area contributed by atoms with Gasteiger partial charge < -0.3 is 18.9 Å². The molecule has 2 heterocycles. The molecule has 0 spiro atoms. The first-order valence-corrected chi connectivity index (χ1v) is 10.3. The van der Waals surface area contributed by atoms with Crippen molar-refractivity contribution in [3.63, 3.8) is 0 Å². The topological polar surface area (TPSA) is 67.5 Å². The van der Waals surface area contributed by atoms with Crippen molar-refractivity contribution < 1.29 is 14.3 Å². The molecule has 1 aliphatic heterocycles. The molecular formula is C24H29N3O3. The van der Waals surface area contributed by atoms with E-state index in [1.807, 2.05) is 51.1 Å². The van der Waals surface area contributed by atoms with Crippen molar-refractivity contribution in [2.75, 3.05) is 26.8 Å². The molecule has 2 aromatic rings. The Hall–Kier alpha value is -3.04. The normalized spacial score (nSPS) is 15.2. The number of carbonyl (C=O) groups excluding carboxylic acids is 1. The Labute approximate surface area is 178 Å². The molecule has 0 saturated carbocycles. The van der Waals surface area contributed by atoms with E-state index in [-0.39, 0.29) is 17.6 Å². The minimum Gasteiger partial charge on any atom is -0.497 e.